The molecule has 8 nitrogen and oxygen atoms in total. The van der Waals surface area contributed by atoms with Gasteiger partial charge in [0.1, 0.15) is 17.3 Å². The zero-order valence-electron chi connectivity index (χ0n) is 24.9. The molecule has 1 heterocycles. The summed E-state index contributed by atoms with van der Waals surface area (Å²) in [7, 11) is 5.74. The number of ketones is 1. The zero-order chi connectivity index (χ0) is 30.5. The van der Waals surface area contributed by atoms with Crippen molar-refractivity contribution in [2.75, 3.05) is 32.6 Å². The van der Waals surface area contributed by atoms with Crippen molar-refractivity contribution >= 4 is 29.0 Å². The minimum absolute atomic E-state index is 0.0457. The van der Waals surface area contributed by atoms with Crippen molar-refractivity contribution < 1.29 is 18.7 Å². The van der Waals surface area contributed by atoms with Crippen LogP contribution in [0.3, 0.4) is 0 Å². The summed E-state index contributed by atoms with van der Waals surface area (Å²) < 4.78 is 22.7. The van der Waals surface area contributed by atoms with Crippen LogP contribution < -0.4 is 15.6 Å². The topological polar surface area (TPSA) is 85.6 Å². The first kappa shape index (κ1) is 32.1. The fraction of sp³-hybridized carbons (Fsp3) is 0.452. The normalized spacial score (nSPS) is 12.4. The highest BCUT2D eigenvalue weighted by Crippen LogP contribution is 2.32. The van der Waals surface area contributed by atoms with Gasteiger partial charge in [-0.2, -0.15) is 0 Å². The summed E-state index contributed by atoms with van der Waals surface area (Å²) in [6.45, 7) is 8.50. The third kappa shape index (κ3) is 7.86. The Labute approximate surface area is 246 Å². The first-order chi connectivity index (χ1) is 19.3. The number of carbonyl (C=O) groups is 2. The number of hydrogen-bond acceptors (Lipinski definition) is 5. The summed E-state index contributed by atoms with van der Waals surface area (Å²) in [5, 5.41) is 2.75. The van der Waals surface area contributed by atoms with E-state index in [9.17, 15) is 18.8 Å². The second kappa shape index (κ2) is 13.5. The van der Waals surface area contributed by atoms with Crippen molar-refractivity contribution in [1.29, 1.82) is 0 Å². The maximum atomic E-state index is 13.9. The van der Waals surface area contributed by atoms with E-state index in [0.29, 0.717) is 18.7 Å². The van der Waals surface area contributed by atoms with Crippen LogP contribution in [0.2, 0.25) is 5.02 Å². The molecule has 0 spiro atoms. The van der Waals surface area contributed by atoms with Gasteiger partial charge in [0.25, 0.3) is 5.56 Å². The molecule has 10 heteroatoms. The minimum atomic E-state index is -0.657. The highest BCUT2D eigenvalue weighted by molar-refractivity contribution is 6.31. The van der Waals surface area contributed by atoms with E-state index in [1.807, 2.05) is 77.1 Å². The highest BCUT2D eigenvalue weighted by atomic mass is 35.5. The molecule has 0 fully saturated rings. The number of amides is 1. The lowest BCUT2D eigenvalue weighted by Gasteiger charge is -2.24. The summed E-state index contributed by atoms with van der Waals surface area (Å²) in [5.74, 6) is -1.13. The molecule has 0 bridgehead atoms. The highest BCUT2D eigenvalue weighted by Gasteiger charge is 2.29. The molecule has 1 atom stereocenters. The molecule has 1 amide bonds. The van der Waals surface area contributed by atoms with E-state index in [0.717, 1.165) is 11.8 Å². The Morgan fingerprint density at radius 1 is 1.17 bits per heavy atom. The molecule has 0 saturated heterocycles. The van der Waals surface area contributed by atoms with Crippen LogP contribution in [0.15, 0.2) is 47.3 Å². The predicted molar refractivity (Wildman–Crippen MR) is 161 cm³/mol. The number of rotatable bonds is 13. The molecular weight excluding hydrogens is 547 g/mol. The lowest BCUT2D eigenvalue weighted by molar-refractivity contribution is -0.118. The number of nitrogens with zero attached hydrogens (tertiary/aromatic N) is 3. The van der Waals surface area contributed by atoms with E-state index in [2.05, 4.69) is 5.32 Å². The van der Waals surface area contributed by atoms with Gasteiger partial charge in [-0.1, -0.05) is 50.6 Å². The number of Topliss-reactive ketones (excluding diaryl/α,β-unsaturated/α-hetero) is 1. The van der Waals surface area contributed by atoms with Gasteiger partial charge in [-0.25, -0.2) is 9.07 Å². The quantitative estimate of drug-likeness (QED) is 0.246. The van der Waals surface area contributed by atoms with E-state index in [1.54, 1.807) is 16.3 Å². The number of ether oxygens (including phenoxy) is 1. The molecule has 0 aliphatic carbocycles. The number of carbonyl (C=O) groups excluding carboxylic acids is 2. The van der Waals surface area contributed by atoms with Gasteiger partial charge in [-0.3, -0.25) is 19.1 Å². The largest absolute Gasteiger partial charge is 0.493 e. The van der Waals surface area contributed by atoms with Crippen molar-refractivity contribution in [3.05, 3.63) is 74.9 Å². The average molecular weight is 587 g/mol. The summed E-state index contributed by atoms with van der Waals surface area (Å²) >= 11 is 5.93. The standard InChI is InChI=1S/C31H40ClFN4O4/c1-8-41-26-17-24(33)23(32)16-22(26)25(38)14-15-31(3,4)18-27(39)34-28-29(20(2)19-35(5)6)36(7)37(30(28)40)21-12-10-9-11-13-21/h9-13,16-17,20H,8,14-15,18-19H2,1-7H3,(H,34,39)/t20-/m1/s1. The van der Waals surface area contributed by atoms with Crippen LogP contribution in [0.25, 0.3) is 5.69 Å². The van der Waals surface area contributed by atoms with E-state index in [4.69, 9.17) is 16.3 Å². The summed E-state index contributed by atoms with van der Waals surface area (Å²) in [4.78, 5) is 42.0. The van der Waals surface area contributed by atoms with Crippen LogP contribution >= 0.6 is 11.6 Å². The Hall–Kier alpha value is -3.43. The Balaban J connectivity index is 1.81. The number of likely N-dealkylation sites (N-methyl/N-ethyl adjacent to an activating group) is 1. The Kier molecular flexibility index (Phi) is 10.6. The summed E-state index contributed by atoms with van der Waals surface area (Å²) in [6.07, 6.45) is 0.580. The number of aromatic nitrogens is 2. The number of halogens is 2. The van der Waals surface area contributed by atoms with E-state index >= 15 is 0 Å². The van der Waals surface area contributed by atoms with Gasteiger partial charge in [0, 0.05) is 38.4 Å². The lowest BCUT2D eigenvalue weighted by Crippen LogP contribution is -2.27. The van der Waals surface area contributed by atoms with Crippen molar-refractivity contribution in [2.45, 2.75) is 52.9 Å². The Morgan fingerprint density at radius 2 is 1.83 bits per heavy atom. The van der Waals surface area contributed by atoms with Gasteiger partial charge in [0.15, 0.2) is 5.78 Å². The number of anilines is 1. The molecule has 0 aliphatic rings. The van der Waals surface area contributed by atoms with Crippen LogP contribution in [-0.4, -0.2) is 53.2 Å². The molecule has 0 unspecified atom stereocenters. The molecular formula is C31H40ClFN4O4. The molecule has 41 heavy (non-hydrogen) atoms. The van der Waals surface area contributed by atoms with Crippen LogP contribution in [0.5, 0.6) is 5.75 Å². The van der Waals surface area contributed by atoms with Crippen LogP contribution in [0.4, 0.5) is 10.1 Å². The first-order valence-corrected chi connectivity index (χ1v) is 14.1. The minimum Gasteiger partial charge on any atom is -0.493 e. The maximum Gasteiger partial charge on any atom is 0.295 e. The number of nitrogens with one attached hydrogen (secondary N) is 1. The van der Waals surface area contributed by atoms with Gasteiger partial charge >= 0.3 is 0 Å². The SMILES string of the molecule is CCOc1cc(F)c(Cl)cc1C(=O)CCC(C)(C)CC(=O)Nc1c([C@H](C)CN(C)C)n(C)n(-c2ccccc2)c1=O. The first-order valence-electron chi connectivity index (χ1n) is 13.7. The second-order valence-corrected chi connectivity index (χ2v) is 11.8. The molecule has 0 radical (unpaired) electrons. The smallest absolute Gasteiger partial charge is 0.295 e. The zero-order valence-corrected chi connectivity index (χ0v) is 25.6. The van der Waals surface area contributed by atoms with E-state index < -0.39 is 11.2 Å². The molecule has 222 valence electrons. The summed E-state index contributed by atoms with van der Waals surface area (Å²) in [6, 6.07) is 11.7. The van der Waals surface area contributed by atoms with Crippen LogP contribution in [0, 0.1) is 11.2 Å². The number of para-hydroxylation sites is 1. The van der Waals surface area contributed by atoms with Gasteiger partial charge in [-0.05, 0) is 51.1 Å². The fourth-order valence-corrected chi connectivity index (χ4v) is 5.28. The number of benzene rings is 2. The molecule has 1 N–H and O–H groups in total. The van der Waals surface area contributed by atoms with Crippen LogP contribution in [0.1, 0.15) is 68.9 Å². The fourth-order valence-electron chi connectivity index (χ4n) is 5.11. The third-order valence-electron chi connectivity index (χ3n) is 6.97. The van der Waals surface area contributed by atoms with Gasteiger partial charge < -0.3 is 15.0 Å². The predicted octanol–water partition coefficient (Wildman–Crippen LogP) is 6.05. The van der Waals surface area contributed by atoms with Crippen molar-refractivity contribution in [3.8, 4) is 11.4 Å². The van der Waals surface area contributed by atoms with Crippen molar-refractivity contribution in [3.63, 3.8) is 0 Å². The summed E-state index contributed by atoms with van der Waals surface area (Å²) in [5.41, 5.74) is 1.01. The second-order valence-electron chi connectivity index (χ2n) is 11.4. The molecule has 0 aliphatic heterocycles. The van der Waals surface area contributed by atoms with E-state index in [1.165, 1.54) is 6.07 Å². The van der Waals surface area contributed by atoms with Crippen LogP contribution in [-0.2, 0) is 11.8 Å². The molecule has 0 saturated carbocycles. The van der Waals surface area contributed by atoms with Gasteiger partial charge in [0.05, 0.1) is 28.6 Å². The molecule has 3 aromatic rings. The molecule has 1 aromatic heterocycles. The third-order valence-corrected chi connectivity index (χ3v) is 7.26. The van der Waals surface area contributed by atoms with Gasteiger partial charge in [0.2, 0.25) is 5.91 Å². The average Bonchev–Trinajstić information content (AvgIpc) is 3.13. The maximum absolute atomic E-state index is 13.9. The molecule has 3 rings (SSSR count). The monoisotopic (exact) mass is 586 g/mol. The van der Waals surface area contributed by atoms with Gasteiger partial charge in [-0.15, -0.1) is 0 Å². The Morgan fingerprint density at radius 3 is 2.44 bits per heavy atom. The van der Waals surface area contributed by atoms with E-state index in [-0.39, 0.29) is 64.6 Å². The van der Waals surface area contributed by atoms with Crippen molar-refractivity contribution in [2.24, 2.45) is 12.5 Å². The number of hydrogen-bond donors (Lipinski definition) is 1. The molecule has 2 aromatic carbocycles. The Bertz CT molecular complexity index is 1450. The lowest BCUT2D eigenvalue weighted by atomic mass is 9.82. The van der Waals surface area contributed by atoms with Crippen molar-refractivity contribution in [1.82, 2.24) is 14.3 Å².